The molecule has 0 saturated heterocycles. The maximum atomic E-state index is 14.1. The van der Waals surface area contributed by atoms with Crippen LogP contribution < -0.4 is 75.7 Å². The van der Waals surface area contributed by atoms with Gasteiger partial charge in [0.1, 0.15) is 66.5 Å². The van der Waals surface area contributed by atoms with Crippen molar-refractivity contribution in [3.63, 3.8) is 0 Å². The first-order chi connectivity index (χ1) is 43.4. The van der Waals surface area contributed by atoms with Crippen LogP contribution in [0.25, 0.3) is 10.9 Å². The molecular weight excluding hydrogens is 1220 g/mol. The van der Waals surface area contributed by atoms with Gasteiger partial charge in [-0.15, -0.1) is 0 Å². The highest BCUT2D eigenvalue weighted by atomic mass is 16.4. The molecule has 0 radical (unpaired) electrons. The van der Waals surface area contributed by atoms with Crippen LogP contribution in [0.2, 0.25) is 0 Å². The summed E-state index contributed by atoms with van der Waals surface area (Å²) < 4.78 is 0. The van der Waals surface area contributed by atoms with Gasteiger partial charge in [0.25, 0.3) is 0 Å². The maximum absolute atomic E-state index is 14.1. The van der Waals surface area contributed by atoms with Gasteiger partial charge in [-0.1, -0.05) is 59.7 Å². The summed E-state index contributed by atoms with van der Waals surface area (Å²) in [5, 5.41) is 67.7. The zero-order valence-corrected chi connectivity index (χ0v) is 54.5. The van der Waals surface area contributed by atoms with E-state index >= 15 is 0 Å². The fourth-order valence-electron chi connectivity index (χ4n) is 9.38. The maximum Gasteiger partial charge on any atom is 0.326 e. The number of aromatic nitrogens is 1. The molecule has 0 aliphatic heterocycles. The Morgan fingerprint density at radius 1 is 0.473 bits per heavy atom. The molecule has 0 unspecified atom stereocenters. The van der Waals surface area contributed by atoms with Gasteiger partial charge in [-0.3, -0.25) is 62.3 Å². The Labute approximate surface area is 539 Å². The minimum Gasteiger partial charge on any atom is -0.481 e. The number of carboxylic acid groups (broad SMARTS) is 2. The molecule has 93 heavy (non-hydrogen) atoms. The molecule has 0 fully saturated rings. The number of carboxylic acids is 2. The molecule has 33 heteroatoms. The van der Waals surface area contributed by atoms with Crippen molar-refractivity contribution in [2.75, 3.05) is 6.54 Å². The molecular formula is C60H97N15O18. The number of carbonyl (C=O) groups excluding carboxylic acids is 12. The van der Waals surface area contributed by atoms with Crippen LogP contribution in [0.4, 0.5) is 0 Å². The second-order valence-electron chi connectivity index (χ2n) is 24.3. The highest BCUT2D eigenvalue weighted by Crippen LogP contribution is 2.20. The summed E-state index contributed by atoms with van der Waals surface area (Å²) in [7, 11) is 0. The number of fused-ring (bicyclic) bond motifs is 1. The van der Waals surface area contributed by atoms with Gasteiger partial charge >= 0.3 is 11.9 Å². The predicted molar refractivity (Wildman–Crippen MR) is 337 cm³/mol. The molecule has 0 aliphatic rings. The third kappa shape index (κ3) is 27.5. The first-order valence-electron chi connectivity index (χ1n) is 30.8. The van der Waals surface area contributed by atoms with Gasteiger partial charge in [-0.2, -0.15) is 0 Å². The van der Waals surface area contributed by atoms with E-state index in [1.807, 2.05) is 0 Å². The number of aliphatic hydroxyl groups excluding tert-OH is 2. The Balaban J connectivity index is 2.31. The summed E-state index contributed by atoms with van der Waals surface area (Å²) in [4.78, 5) is 190. The topological polar surface area (TPSA) is 546 Å². The number of hydrogen-bond acceptors (Lipinski definition) is 18. The molecule has 22 N–H and O–H groups in total. The fourth-order valence-corrected chi connectivity index (χ4v) is 9.38. The number of nitrogens with two attached hydrogens (primary N) is 3. The molecule has 0 aliphatic carbocycles. The van der Waals surface area contributed by atoms with Crippen LogP contribution in [0.3, 0.4) is 0 Å². The third-order valence-electron chi connectivity index (χ3n) is 14.6. The molecule has 2 rings (SSSR count). The summed E-state index contributed by atoms with van der Waals surface area (Å²) >= 11 is 0. The van der Waals surface area contributed by atoms with Crippen molar-refractivity contribution in [2.45, 2.75) is 219 Å². The van der Waals surface area contributed by atoms with E-state index in [4.69, 9.17) is 17.2 Å². The lowest BCUT2D eigenvalue weighted by Gasteiger charge is -2.29. The van der Waals surface area contributed by atoms with Gasteiger partial charge in [-0.05, 0) is 109 Å². The highest BCUT2D eigenvalue weighted by molar-refractivity contribution is 6.00. The Hall–Kier alpha value is -8.82. The van der Waals surface area contributed by atoms with Crippen molar-refractivity contribution in [3.05, 3.63) is 36.0 Å². The van der Waals surface area contributed by atoms with Gasteiger partial charge in [0.2, 0.25) is 70.9 Å². The molecule has 14 atom stereocenters. The molecule has 33 nitrogen and oxygen atoms in total. The minimum absolute atomic E-state index is 0.0153. The minimum atomic E-state index is -1.87. The summed E-state index contributed by atoms with van der Waals surface area (Å²) in [6.07, 6.45) is -2.96. The zero-order valence-electron chi connectivity index (χ0n) is 54.5. The molecule has 0 saturated carbocycles. The normalized spacial score (nSPS) is 15.9. The van der Waals surface area contributed by atoms with Gasteiger partial charge in [0.05, 0.1) is 24.7 Å². The van der Waals surface area contributed by atoms with E-state index in [-0.39, 0.29) is 44.1 Å². The van der Waals surface area contributed by atoms with Crippen molar-refractivity contribution in [1.82, 2.24) is 63.5 Å². The standard InChI is InChI=1S/C60H97N15O18/c1-27(2)22-40(69-50(82)31(8)65-53(85)42(24-35-26-64-37-17-13-12-16-36(35)37)72-59(91)47(33(10)76)74-49(81)30(7)62)55(87)71-43(25-44(63)78)56(88)73-46(29(5)6)57(89)66-32(9)51(83)75-48(34(11)77)58(90)67-38(19-20-45(79)80)52(84)70-41(23-28(3)4)54(86)68-39(60(92)93)18-14-15-21-61/h12-13,16-17,26-34,38-43,46-48,64,76-77H,14-15,18-25,61-62H2,1-11H3,(H2,63,78)(H,65,85)(H,66,89)(H,67,90)(H,68,86)(H,69,82)(H,70,84)(H,71,87)(H,72,91)(H,73,88)(H,74,81)(H,75,83)(H,79,80)(H,92,93)/t30-,31+,32+,33-,34-,38+,39+,40+,41+,42+,43+,46+,47+,48+/m0/s1. The first kappa shape index (κ1) is 80.3. The number of para-hydroxylation sites is 1. The van der Waals surface area contributed by atoms with E-state index in [9.17, 15) is 87.5 Å². The third-order valence-corrected chi connectivity index (χ3v) is 14.6. The van der Waals surface area contributed by atoms with E-state index in [1.54, 1.807) is 58.2 Å². The van der Waals surface area contributed by atoms with Gasteiger partial charge < -0.3 is 101 Å². The second kappa shape index (κ2) is 38.9. The van der Waals surface area contributed by atoms with E-state index in [1.165, 1.54) is 41.5 Å². The quantitative estimate of drug-likeness (QED) is 0.0281. The van der Waals surface area contributed by atoms with E-state index in [2.05, 4.69) is 63.5 Å². The highest BCUT2D eigenvalue weighted by Gasteiger charge is 2.38. The van der Waals surface area contributed by atoms with Crippen LogP contribution in [0, 0.1) is 17.8 Å². The monoisotopic (exact) mass is 1320 g/mol. The molecule has 12 amide bonds. The van der Waals surface area contributed by atoms with Crippen molar-refractivity contribution in [2.24, 2.45) is 35.0 Å². The number of benzene rings is 1. The van der Waals surface area contributed by atoms with Crippen molar-refractivity contribution in [3.8, 4) is 0 Å². The molecule has 0 bridgehead atoms. The van der Waals surface area contributed by atoms with Gasteiger partial charge in [-0.25, -0.2) is 4.79 Å². The Bertz CT molecular complexity index is 2930. The summed E-state index contributed by atoms with van der Waals surface area (Å²) in [6.45, 7) is 16.3. The Kier molecular flexibility index (Phi) is 33.6. The lowest BCUT2D eigenvalue weighted by atomic mass is 10.0. The van der Waals surface area contributed by atoms with Gasteiger partial charge in [0, 0.05) is 29.9 Å². The number of primary amides is 1. The smallest absolute Gasteiger partial charge is 0.326 e. The number of aliphatic hydroxyl groups is 2. The molecule has 520 valence electrons. The number of unbranched alkanes of at least 4 members (excludes halogenated alkanes) is 1. The molecule has 1 aromatic carbocycles. The zero-order chi connectivity index (χ0) is 70.7. The number of H-pyrrole nitrogens is 1. The SMILES string of the molecule is CC(C)C[C@@H](NC(=O)[C@@H](C)NC(=O)[C@@H](Cc1c[nH]c2ccccc12)NC(=O)[C@H](NC(=O)[C@H](C)N)[C@H](C)O)C(=O)N[C@H](CC(N)=O)C(=O)N[C@@H](C(=O)N[C@H](C)C(=O)N[C@@H](C(=O)N[C@H](CCC(=O)O)C(=O)N[C@H](CC(C)C)C(=O)N[C@H](CCCCN)C(=O)O)[C@H](C)O)C(C)C. The van der Waals surface area contributed by atoms with Crippen LogP contribution in [0.1, 0.15) is 133 Å². The molecule has 1 heterocycles. The number of aliphatic carboxylic acids is 2. The second-order valence-corrected chi connectivity index (χ2v) is 24.3. The Morgan fingerprint density at radius 2 is 0.892 bits per heavy atom. The predicted octanol–water partition coefficient (Wildman–Crippen LogP) is -4.11. The number of aromatic amines is 1. The number of rotatable bonds is 41. The Morgan fingerprint density at radius 3 is 1.38 bits per heavy atom. The lowest BCUT2D eigenvalue weighted by Crippen LogP contribution is -2.62. The average Bonchev–Trinajstić information content (AvgIpc) is 1.76. The van der Waals surface area contributed by atoms with Crippen molar-refractivity contribution in [1.29, 1.82) is 0 Å². The molecule has 0 spiro atoms. The lowest BCUT2D eigenvalue weighted by molar-refractivity contribution is -0.142. The number of hydrogen-bond donors (Lipinski definition) is 19. The van der Waals surface area contributed by atoms with E-state index < -0.39 is 193 Å². The number of carbonyl (C=O) groups is 14. The van der Waals surface area contributed by atoms with Crippen molar-refractivity contribution < 1.29 is 87.5 Å². The summed E-state index contributed by atoms with van der Waals surface area (Å²) in [6, 6.07) is -10.9. The molecule has 2 aromatic rings. The van der Waals surface area contributed by atoms with Crippen molar-refractivity contribution >= 4 is 93.7 Å². The summed E-state index contributed by atoms with van der Waals surface area (Å²) in [5.74, 6) is -16.0. The fraction of sp³-hybridized carbons (Fsp3) is 0.633. The summed E-state index contributed by atoms with van der Waals surface area (Å²) in [5.41, 5.74) is 18.0. The van der Waals surface area contributed by atoms with Crippen LogP contribution in [-0.4, -0.2) is 199 Å². The van der Waals surface area contributed by atoms with Crippen LogP contribution >= 0.6 is 0 Å². The number of nitrogens with one attached hydrogen (secondary N) is 12. The average molecular weight is 1320 g/mol. The van der Waals surface area contributed by atoms with Crippen LogP contribution in [0.15, 0.2) is 30.5 Å². The molecule has 1 aromatic heterocycles. The van der Waals surface area contributed by atoms with Crippen LogP contribution in [-0.2, 0) is 73.5 Å². The van der Waals surface area contributed by atoms with E-state index in [0.29, 0.717) is 29.3 Å². The first-order valence-corrected chi connectivity index (χ1v) is 30.8. The van der Waals surface area contributed by atoms with E-state index in [0.717, 1.165) is 6.92 Å². The van der Waals surface area contributed by atoms with Gasteiger partial charge in [0.15, 0.2) is 0 Å². The number of amides is 12. The largest absolute Gasteiger partial charge is 0.481 e. The van der Waals surface area contributed by atoms with Crippen LogP contribution in [0.5, 0.6) is 0 Å².